The van der Waals surface area contributed by atoms with Gasteiger partial charge < -0.3 is 4.90 Å². The van der Waals surface area contributed by atoms with E-state index >= 15 is 0 Å². The summed E-state index contributed by atoms with van der Waals surface area (Å²) in [6, 6.07) is 9.77. The first-order valence-corrected chi connectivity index (χ1v) is 9.87. The molecule has 1 fully saturated rings. The van der Waals surface area contributed by atoms with Crippen molar-refractivity contribution in [2.75, 3.05) is 13.1 Å². The summed E-state index contributed by atoms with van der Waals surface area (Å²) in [5.74, 6) is -0.554. The summed E-state index contributed by atoms with van der Waals surface area (Å²) in [4.78, 5) is 14.5. The number of nitriles is 1. The minimum Gasteiger partial charge on any atom is -0.336 e. The van der Waals surface area contributed by atoms with Crippen molar-refractivity contribution in [3.05, 3.63) is 59.0 Å². The lowest BCUT2D eigenvalue weighted by atomic mass is 9.86. The number of carbonyl (C=O) groups is 1. The number of benzene rings is 1. The third-order valence-electron chi connectivity index (χ3n) is 5.36. The highest BCUT2D eigenvalue weighted by Crippen LogP contribution is 2.38. The van der Waals surface area contributed by atoms with Gasteiger partial charge in [0, 0.05) is 19.3 Å². The monoisotopic (exact) mass is 431 g/mol. The van der Waals surface area contributed by atoms with E-state index in [1.54, 1.807) is 23.1 Å². The van der Waals surface area contributed by atoms with Gasteiger partial charge in [-0.05, 0) is 41.8 Å². The Morgan fingerprint density at radius 2 is 1.90 bits per heavy atom. The quantitative estimate of drug-likeness (QED) is 0.585. The zero-order valence-corrected chi connectivity index (χ0v) is 16.9. The number of carbonyl (C=O) groups excluding carboxylic acids is 1. The molecule has 3 aromatic rings. The smallest absolute Gasteiger partial charge is 0.336 e. The van der Waals surface area contributed by atoms with Crippen LogP contribution >= 0.6 is 9.24 Å². The number of piperidine rings is 1. The van der Waals surface area contributed by atoms with E-state index in [0.29, 0.717) is 37.1 Å². The molecule has 6 nitrogen and oxygen atoms in total. The number of halogens is 3. The maximum atomic E-state index is 13.5. The summed E-state index contributed by atoms with van der Waals surface area (Å²) in [5.41, 5.74) is 0.479. The summed E-state index contributed by atoms with van der Waals surface area (Å²) in [5, 5.41) is 17.1. The Balaban J connectivity index is 1.54. The molecule has 1 saturated heterocycles. The molecule has 1 amide bonds. The van der Waals surface area contributed by atoms with E-state index in [0.717, 1.165) is 0 Å². The topological polar surface area (TPSA) is 74.3 Å². The minimum absolute atomic E-state index is 0.0866. The molecule has 0 spiro atoms. The highest BCUT2D eigenvalue weighted by Gasteiger charge is 2.38. The van der Waals surface area contributed by atoms with E-state index in [2.05, 4.69) is 19.4 Å². The fraction of sp³-hybridized carbons (Fsp3) is 0.300. The number of hydrogen-bond acceptors (Lipinski definition) is 4. The number of likely N-dealkylation sites (tertiary alicyclic amines) is 1. The van der Waals surface area contributed by atoms with E-state index in [9.17, 15) is 18.0 Å². The number of nitrogens with zero attached hydrogens (tertiary/aromatic N) is 5. The van der Waals surface area contributed by atoms with Crippen LogP contribution in [0.1, 0.15) is 46.1 Å². The van der Waals surface area contributed by atoms with Gasteiger partial charge in [0.05, 0.1) is 11.1 Å². The molecule has 0 saturated carbocycles. The van der Waals surface area contributed by atoms with E-state index < -0.39 is 11.7 Å². The predicted molar refractivity (Wildman–Crippen MR) is 106 cm³/mol. The molecule has 3 heterocycles. The molecule has 30 heavy (non-hydrogen) atoms. The van der Waals surface area contributed by atoms with E-state index in [1.165, 1.54) is 22.7 Å². The molecule has 0 aliphatic carbocycles. The van der Waals surface area contributed by atoms with Crippen LogP contribution < -0.4 is 5.30 Å². The number of fused-ring (bicyclic) bond motifs is 1. The Morgan fingerprint density at radius 1 is 1.17 bits per heavy atom. The number of aromatic nitrogens is 3. The summed E-state index contributed by atoms with van der Waals surface area (Å²) in [6.45, 7) is 0.628. The van der Waals surface area contributed by atoms with Crippen molar-refractivity contribution in [2.24, 2.45) is 0 Å². The van der Waals surface area contributed by atoms with Crippen LogP contribution in [0, 0.1) is 11.3 Å². The van der Waals surface area contributed by atoms with Crippen molar-refractivity contribution in [3.63, 3.8) is 0 Å². The second-order valence-electron chi connectivity index (χ2n) is 7.16. The second kappa shape index (κ2) is 7.69. The normalized spacial score (nSPS) is 15.4. The highest BCUT2D eigenvalue weighted by atomic mass is 31.0. The first-order valence-electron chi connectivity index (χ1n) is 9.29. The molecule has 0 radical (unpaired) electrons. The van der Waals surface area contributed by atoms with Crippen molar-refractivity contribution < 1.29 is 18.0 Å². The number of rotatable bonds is 2. The zero-order valence-electron chi connectivity index (χ0n) is 15.7. The van der Waals surface area contributed by atoms with Crippen molar-refractivity contribution in [2.45, 2.75) is 24.9 Å². The van der Waals surface area contributed by atoms with Crippen LogP contribution in [-0.2, 0) is 6.18 Å². The summed E-state index contributed by atoms with van der Waals surface area (Å²) >= 11 is 0. The first kappa shape index (κ1) is 20.3. The molecule has 1 aliphatic rings. The van der Waals surface area contributed by atoms with Gasteiger partial charge in [-0.15, -0.1) is 19.4 Å². The predicted octanol–water partition coefficient (Wildman–Crippen LogP) is 3.14. The fourth-order valence-corrected chi connectivity index (χ4v) is 4.34. The maximum absolute atomic E-state index is 13.5. The number of amides is 1. The maximum Gasteiger partial charge on any atom is 0.417 e. The molecule has 4 rings (SSSR count). The third-order valence-corrected chi connectivity index (χ3v) is 5.84. The van der Waals surface area contributed by atoms with Crippen molar-refractivity contribution in [1.82, 2.24) is 19.5 Å². The Labute approximate surface area is 172 Å². The van der Waals surface area contributed by atoms with Gasteiger partial charge in [0.15, 0.2) is 5.65 Å². The Kier molecular flexibility index (Phi) is 5.20. The van der Waals surface area contributed by atoms with E-state index in [-0.39, 0.29) is 28.5 Å². The molecule has 1 aromatic carbocycles. The molecule has 154 valence electrons. The second-order valence-corrected chi connectivity index (χ2v) is 7.78. The van der Waals surface area contributed by atoms with Gasteiger partial charge >= 0.3 is 6.18 Å². The van der Waals surface area contributed by atoms with Crippen molar-refractivity contribution >= 4 is 26.1 Å². The average molecular weight is 431 g/mol. The molecule has 0 bridgehead atoms. The van der Waals surface area contributed by atoms with Gasteiger partial charge in [-0.2, -0.15) is 18.4 Å². The van der Waals surface area contributed by atoms with Crippen LogP contribution in [0.25, 0.3) is 5.65 Å². The lowest BCUT2D eigenvalue weighted by molar-refractivity contribution is -0.137. The Bertz CT molecular complexity index is 1160. The van der Waals surface area contributed by atoms with Gasteiger partial charge in [-0.25, -0.2) is 0 Å². The van der Waals surface area contributed by atoms with Crippen LogP contribution in [-0.4, -0.2) is 38.5 Å². The van der Waals surface area contributed by atoms with Crippen LogP contribution in [0.3, 0.4) is 0 Å². The average Bonchev–Trinajstić information content (AvgIpc) is 3.15. The molecule has 1 aliphatic heterocycles. The molecule has 1 unspecified atom stereocenters. The fourth-order valence-electron chi connectivity index (χ4n) is 3.89. The number of hydrogen-bond donors (Lipinski definition) is 0. The third kappa shape index (κ3) is 3.63. The van der Waals surface area contributed by atoms with Crippen LogP contribution in [0.2, 0.25) is 0 Å². The summed E-state index contributed by atoms with van der Waals surface area (Å²) < 4.78 is 42.1. The van der Waals surface area contributed by atoms with Crippen molar-refractivity contribution in [3.8, 4) is 6.07 Å². The molecule has 10 heteroatoms. The summed E-state index contributed by atoms with van der Waals surface area (Å²) in [6.07, 6.45) is -2.10. The molecule has 0 N–H and O–H groups in total. The molecular weight excluding hydrogens is 414 g/mol. The standard InChI is InChI=1S/C20H17F3N5OP/c21-20(22,23)17-14(2-1-3-15(17)30)13-6-8-27(9-7-13)19(29)18-26-25-16-5-4-12(10-24)11-28(16)18/h1-5,11,13H,6-9,30H2. The van der Waals surface area contributed by atoms with E-state index in [1.807, 2.05) is 6.07 Å². The van der Waals surface area contributed by atoms with E-state index in [4.69, 9.17) is 5.26 Å². The van der Waals surface area contributed by atoms with Crippen LogP contribution in [0.5, 0.6) is 0 Å². The lowest BCUT2D eigenvalue weighted by Gasteiger charge is -2.33. The number of pyridine rings is 1. The van der Waals surface area contributed by atoms with Crippen molar-refractivity contribution in [1.29, 1.82) is 5.26 Å². The minimum atomic E-state index is -4.43. The van der Waals surface area contributed by atoms with Gasteiger partial charge in [0.2, 0.25) is 5.82 Å². The Hall–Kier alpha value is -2.98. The molecule has 2 aromatic heterocycles. The van der Waals surface area contributed by atoms with Gasteiger partial charge in [0.25, 0.3) is 5.91 Å². The van der Waals surface area contributed by atoms with Gasteiger partial charge in [0.1, 0.15) is 6.07 Å². The number of alkyl halides is 3. The summed E-state index contributed by atoms with van der Waals surface area (Å²) in [7, 11) is 2.16. The lowest BCUT2D eigenvalue weighted by Crippen LogP contribution is -2.39. The first-order chi connectivity index (χ1) is 14.3. The largest absolute Gasteiger partial charge is 0.417 e. The highest BCUT2D eigenvalue weighted by molar-refractivity contribution is 7.27. The molecule has 1 atom stereocenters. The van der Waals surface area contributed by atoms with Crippen LogP contribution in [0.4, 0.5) is 13.2 Å². The van der Waals surface area contributed by atoms with Gasteiger partial charge in [-0.1, -0.05) is 18.2 Å². The SMILES string of the molecule is N#Cc1ccc2nnc(C(=O)N3CCC(c4cccc(P)c4C(F)(F)F)CC3)n2c1. The Morgan fingerprint density at radius 3 is 2.57 bits per heavy atom. The van der Waals surface area contributed by atoms with Gasteiger partial charge in [-0.3, -0.25) is 9.20 Å². The zero-order chi connectivity index (χ0) is 21.5. The molecular formula is C20H17F3N5OP. The van der Waals surface area contributed by atoms with Crippen LogP contribution in [0.15, 0.2) is 36.5 Å².